The second-order valence-corrected chi connectivity index (χ2v) is 7.12. The molecule has 1 aromatic rings. The van der Waals surface area contributed by atoms with Crippen molar-refractivity contribution in [2.45, 2.75) is 26.7 Å². The molecular weight excluding hydrogens is 322 g/mol. The van der Waals surface area contributed by atoms with E-state index in [4.69, 9.17) is 5.73 Å². The molecule has 0 spiro atoms. The Balaban J connectivity index is 1.92. The second kappa shape index (κ2) is 7.38. The number of quaternary nitrogens is 1. The molecule has 3 N–H and O–H groups in total. The molecule has 2 saturated heterocycles. The Bertz CT molecular complexity index is 631. The first-order valence-corrected chi connectivity index (χ1v) is 9.15. The molecule has 2 aliphatic heterocycles. The van der Waals surface area contributed by atoms with Crippen LogP contribution in [-0.2, 0) is 0 Å². The summed E-state index contributed by atoms with van der Waals surface area (Å²) in [5.74, 6) is 1.36. The summed E-state index contributed by atoms with van der Waals surface area (Å²) in [6, 6.07) is 0. The highest BCUT2D eigenvalue weighted by Gasteiger charge is 2.31. The van der Waals surface area contributed by atoms with E-state index in [0.717, 1.165) is 58.7 Å². The number of nitrogen functional groups attached to an aromatic ring is 1. The monoisotopic (exact) mass is 350 g/mol. The van der Waals surface area contributed by atoms with Crippen molar-refractivity contribution in [2.75, 3.05) is 61.3 Å². The Morgan fingerprint density at radius 2 is 2.00 bits per heavy atom. The lowest BCUT2D eigenvalue weighted by atomic mass is 10.0. The number of hydrogen-bond donors (Lipinski definition) is 2. The van der Waals surface area contributed by atoms with Gasteiger partial charge in [-0.2, -0.15) is 9.97 Å². The van der Waals surface area contributed by atoms with Gasteiger partial charge in [0.1, 0.15) is 0 Å². The highest BCUT2D eigenvalue weighted by molar-refractivity contribution is 5.71. The molecule has 0 aromatic carbocycles. The van der Waals surface area contributed by atoms with E-state index < -0.39 is 4.92 Å². The van der Waals surface area contributed by atoms with E-state index in [1.54, 1.807) is 4.90 Å². The smallest absolute Gasteiger partial charge is 0.353 e. The van der Waals surface area contributed by atoms with E-state index in [2.05, 4.69) is 28.7 Å². The van der Waals surface area contributed by atoms with Gasteiger partial charge in [-0.15, -0.1) is 0 Å². The van der Waals surface area contributed by atoms with E-state index >= 15 is 0 Å². The Morgan fingerprint density at radius 3 is 2.60 bits per heavy atom. The van der Waals surface area contributed by atoms with Crippen molar-refractivity contribution >= 4 is 23.3 Å². The van der Waals surface area contributed by atoms with Gasteiger partial charge in [0.05, 0.1) is 37.6 Å². The zero-order valence-electron chi connectivity index (χ0n) is 15.1. The van der Waals surface area contributed by atoms with Crippen molar-refractivity contribution in [3.05, 3.63) is 10.1 Å². The summed E-state index contributed by atoms with van der Waals surface area (Å²) in [6.45, 7) is 10.7. The minimum Gasteiger partial charge on any atom is -0.378 e. The van der Waals surface area contributed by atoms with Crippen LogP contribution in [0.3, 0.4) is 0 Å². The van der Waals surface area contributed by atoms with Gasteiger partial charge >= 0.3 is 5.69 Å². The third-order valence-corrected chi connectivity index (χ3v) is 5.27. The number of aromatic nitrogens is 2. The number of piperidine rings is 1. The molecular formula is C16H28N7O2+. The fourth-order valence-electron chi connectivity index (χ4n) is 3.74. The van der Waals surface area contributed by atoms with E-state index in [1.165, 1.54) is 0 Å². The summed E-state index contributed by atoms with van der Waals surface area (Å²) in [4.78, 5) is 25.6. The predicted octanol–water partition coefficient (Wildman–Crippen LogP) is -0.0719. The van der Waals surface area contributed by atoms with Crippen molar-refractivity contribution in [2.24, 2.45) is 5.92 Å². The van der Waals surface area contributed by atoms with Crippen LogP contribution in [0.2, 0.25) is 0 Å². The highest BCUT2D eigenvalue weighted by atomic mass is 16.6. The largest absolute Gasteiger partial charge is 0.378 e. The molecule has 2 fully saturated rings. The molecule has 3 heterocycles. The SMILES string of the molecule is CC[NH+]1CCN(c2nc(N)c([N+](=O)[O-])c(N3CCC[C@H](C)C3)n2)CC1. The van der Waals surface area contributed by atoms with Crippen LogP contribution in [0.5, 0.6) is 0 Å². The molecule has 9 heteroatoms. The average Bonchev–Trinajstić information content (AvgIpc) is 2.60. The van der Waals surface area contributed by atoms with Gasteiger partial charge in [0.2, 0.25) is 17.6 Å². The number of nitro groups is 1. The summed E-state index contributed by atoms with van der Waals surface area (Å²) in [5, 5.41) is 11.5. The standard InChI is InChI=1S/C16H27N7O2/c1-3-20-7-9-21(10-8-20)16-18-14(17)13(23(24)25)15(19-16)22-6-4-5-12(2)11-22/h12H,3-11H2,1-2H3,(H2,17,18,19)/p+1/t12-/m0/s1. The zero-order valence-corrected chi connectivity index (χ0v) is 15.1. The molecule has 0 unspecified atom stereocenters. The first-order chi connectivity index (χ1) is 12.0. The highest BCUT2D eigenvalue weighted by Crippen LogP contribution is 2.35. The number of rotatable bonds is 4. The molecule has 0 radical (unpaired) electrons. The van der Waals surface area contributed by atoms with Gasteiger partial charge < -0.3 is 20.4 Å². The molecule has 138 valence electrons. The van der Waals surface area contributed by atoms with Crippen molar-refractivity contribution in [1.82, 2.24) is 9.97 Å². The summed E-state index contributed by atoms with van der Waals surface area (Å²) in [5.41, 5.74) is 5.82. The summed E-state index contributed by atoms with van der Waals surface area (Å²) in [7, 11) is 0. The molecule has 2 aliphatic rings. The quantitative estimate of drug-likeness (QED) is 0.578. The third kappa shape index (κ3) is 3.76. The van der Waals surface area contributed by atoms with Gasteiger partial charge in [-0.25, -0.2) is 0 Å². The normalized spacial score (nSPS) is 22.2. The molecule has 0 aliphatic carbocycles. The molecule has 3 rings (SSSR count). The first kappa shape index (κ1) is 17.7. The van der Waals surface area contributed by atoms with Crippen LogP contribution in [0.4, 0.5) is 23.3 Å². The summed E-state index contributed by atoms with van der Waals surface area (Å²) < 4.78 is 0. The van der Waals surface area contributed by atoms with E-state index in [1.807, 2.05) is 4.90 Å². The lowest BCUT2D eigenvalue weighted by Crippen LogP contribution is -3.14. The van der Waals surface area contributed by atoms with Crippen molar-refractivity contribution in [3.63, 3.8) is 0 Å². The van der Waals surface area contributed by atoms with Gasteiger partial charge in [-0.05, 0) is 25.7 Å². The summed E-state index contributed by atoms with van der Waals surface area (Å²) >= 11 is 0. The third-order valence-electron chi connectivity index (χ3n) is 5.27. The van der Waals surface area contributed by atoms with Crippen LogP contribution >= 0.6 is 0 Å². The lowest BCUT2D eigenvalue weighted by Gasteiger charge is -2.34. The van der Waals surface area contributed by atoms with Gasteiger partial charge in [-0.3, -0.25) is 10.1 Å². The van der Waals surface area contributed by atoms with E-state index in [-0.39, 0.29) is 11.5 Å². The summed E-state index contributed by atoms with van der Waals surface area (Å²) in [6.07, 6.45) is 2.15. The predicted molar refractivity (Wildman–Crippen MR) is 97.2 cm³/mol. The first-order valence-electron chi connectivity index (χ1n) is 9.15. The fourth-order valence-corrected chi connectivity index (χ4v) is 3.74. The molecule has 25 heavy (non-hydrogen) atoms. The Morgan fingerprint density at radius 1 is 1.28 bits per heavy atom. The van der Waals surface area contributed by atoms with Crippen LogP contribution in [0.15, 0.2) is 0 Å². The van der Waals surface area contributed by atoms with E-state index in [0.29, 0.717) is 17.7 Å². The molecule has 1 atom stereocenters. The van der Waals surface area contributed by atoms with Crippen molar-refractivity contribution < 1.29 is 9.82 Å². The van der Waals surface area contributed by atoms with Gasteiger partial charge in [-0.1, -0.05) is 6.92 Å². The number of anilines is 3. The van der Waals surface area contributed by atoms with Gasteiger partial charge in [0, 0.05) is 13.1 Å². The minimum absolute atomic E-state index is 0.0338. The maximum atomic E-state index is 11.5. The van der Waals surface area contributed by atoms with Crippen LogP contribution < -0.4 is 20.4 Å². The molecule has 0 amide bonds. The molecule has 0 bridgehead atoms. The number of piperazine rings is 1. The van der Waals surface area contributed by atoms with Gasteiger partial charge in [0.25, 0.3) is 0 Å². The Kier molecular flexibility index (Phi) is 5.22. The Labute approximate surface area is 148 Å². The number of nitrogens with zero attached hydrogens (tertiary/aromatic N) is 5. The van der Waals surface area contributed by atoms with Crippen LogP contribution in [-0.4, -0.2) is 60.7 Å². The van der Waals surface area contributed by atoms with E-state index in [9.17, 15) is 10.1 Å². The maximum Gasteiger partial charge on any atom is 0.353 e. The zero-order chi connectivity index (χ0) is 18.0. The molecule has 9 nitrogen and oxygen atoms in total. The fraction of sp³-hybridized carbons (Fsp3) is 0.750. The number of hydrogen-bond acceptors (Lipinski definition) is 7. The number of nitrogens with one attached hydrogen (secondary N) is 1. The number of likely N-dealkylation sites (N-methyl/N-ethyl adjacent to an activating group) is 1. The minimum atomic E-state index is -0.451. The van der Waals surface area contributed by atoms with Crippen molar-refractivity contribution in [3.8, 4) is 0 Å². The average molecular weight is 350 g/mol. The Hall–Kier alpha value is -2.16. The molecule has 1 aromatic heterocycles. The van der Waals surface area contributed by atoms with Crippen LogP contribution in [0.25, 0.3) is 0 Å². The lowest BCUT2D eigenvalue weighted by molar-refractivity contribution is -0.898. The maximum absolute atomic E-state index is 11.5. The van der Waals surface area contributed by atoms with Crippen molar-refractivity contribution in [1.29, 1.82) is 0 Å². The van der Waals surface area contributed by atoms with Crippen LogP contribution in [0, 0.1) is 16.0 Å². The number of nitrogens with two attached hydrogens (primary N) is 1. The second-order valence-electron chi connectivity index (χ2n) is 7.12. The van der Waals surface area contributed by atoms with Gasteiger partial charge in [0.15, 0.2) is 0 Å². The van der Waals surface area contributed by atoms with Crippen LogP contribution in [0.1, 0.15) is 26.7 Å². The molecule has 0 saturated carbocycles. The topological polar surface area (TPSA) is 106 Å².